The van der Waals surface area contributed by atoms with Crippen molar-refractivity contribution < 1.29 is 19.4 Å². The molecule has 0 aliphatic carbocycles. The summed E-state index contributed by atoms with van der Waals surface area (Å²) in [5, 5.41) is 11.5. The van der Waals surface area contributed by atoms with Crippen LogP contribution in [0, 0.1) is 0 Å². The highest BCUT2D eigenvalue weighted by atomic mass is 79.9. The lowest BCUT2D eigenvalue weighted by Crippen LogP contribution is -2.44. The molecule has 0 saturated heterocycles. The Morgan fingerprint density at radius 3 is 2.60 bits per heavy atom. The largest absolute Gasteiger partial charge is 0.480 e. The number of hydrogen-bond donors (Lipinski definition) is 2. The fourth-order valence-electron chi connectivity index (χ4n) is 1.45. The van der Waals surface area contributed by atoms with Crippen molar-refractivity contribution in [2.24, 2.45) is 0 Å². The molecule has 20 heavy (non-hydrogen) atoms. The van der Waals surface area contributed by atoms with Gasteiger partial charge in [0.15, 0.2) is 0 Å². The van der Waals surface area contributed by atoms with Crippen molar-refractivity contribution in [2.45, 2.75) is 38.8 Å². The van der Waals surface area contributed by atoms with Crippen molar-refractivity contribution in [3.63, 3.8) is 0 Å². The minimum Gasteiger partial charge on any atom is -0.480 e. The summed E-state index contributed by atoms with van der Waals surface area (Å²) in [7, 11) is 0. The van der Waals surface area contributed by atoms with E-state index >= 15 is 0 Å². The number of rotatable bonds is 4. The maximum absolute atomic E-state index is 11.6. The van der Waals surface area contributed by atoms with Gasteiger partial charge in [-0.15, -0.1) is 0 Å². The van der Waals surface area contributed by atoms with Crippen molar-refractivity contribution in [3.05, 3.63) is 28.5 Å². The van der Waals surface area contributed by atoms with Crippen LogP contribution in [0.15, 0.2) is 22.9 Å². The van der Waals surface area contributed by atoms with Crippen LogP contribution in [0.3, 0.4) is 0 Å². The normalized spacial score (nSPS) is 12.6. The number of amides is 1. The first-order valence-electron chi connectivity index (χ1n) is 5.99. The van der Waals surface area contributed by atoms with Crippen LogP contribution in [0.4, 0.5) is 4.79 Å². The van der Waals surface area contributed by atoms with Gasteiger partial charge in [-0.3, -0.25) is 4.98 Å². The van der Waals surface area contributed by atoms with Crippen molar-refractivity contribution in [3.8, 4) is 0 Å². The third kappa shape index (κ3) is 6.01. The van der Waals surface area contributed by atoms with Crippen molar-refractivity contribution in [1.82, 2.24) is 10.3 Å². The second kappa shape index (κ2) is 6.69. The summed E-state index contributed by atoms with van der Waals surface area (Å²) in [5.74, 6) is -1.13. The fourth-order valence-corrected chi connectivity index (χ4v) is 1.87. The lowest BCUT2D eigenvalue weighted by molar-refractivity contribution is -0.139. The van der Waals surface area contributed by atoms with Gasteiger partial charge < -0.3 is 15.2 Å². The van der Waals surface area contributed by atoms with Gasteiger partial charge in [0.05, 0.1) is 0 Å². The first kappa shape index (κ1) is 16.4. The molecule has 1 atom stereocenters. The Labute approximate surface area is 125 Å². The number of pyridine rings is 1. The molecule has 1 unspecified atom stereocenters. The molecular formula is C13H17BrN2O4. The minimum atomic E-state index is -1.13. The molecule has 0 aliphatic heterocycles. The number of carboxylic acid groups (broad SMARTS) is 1. The molecule has 1 amide bonds. The predicted molar refractivity (Wildman–Crippen MR) is 76.4 cm³/mol. The van der Waals surface area contributed by atoms with E-state index in [1.165, 1.54) is 0 Å². The van der Waals surface area contributed by atoms with Crippen LogP contribution in [0.1, 0.15) is 26.3 Å². The second-order valence-electron chi connectivity index (χ2n) is 5.25. The quantitative estimate of drug-likeness (QED) is 0.875. The summed E-state index contributed by atoms with van der Waals surface area (Å²) >= 11 is 3.26. The number of halogens is 1. The second-order valence-corrected chi connectivity index (χ2v) is 6.17. The van der Waals surface area contributed by atoms with Crippen LogP contribution in [0.2, 0.25) is 0 Å². The number of carboxylic acids is 1. The molecule has 1 rings (SSSR count). The zero-order valence-electron chi connectivity index (χ0n) is 11.5. The van der Waals surface area contributed by atoms with Gasteiger partial charge in [-0.05, 0) is 48.3 Å². The average molecular weight is 345 g/mol. The molecule has 2 N–H and O–H groups in total. The van der Waals surface area contributed by atoms with Crippen LogP contribution in [0.5, 0.6) is 0 Å². The summed E-state index contributed by atoms with van der Waals surface area (Å²) in [6, 6.07) is 0.681. The molecule has 0 radical (unpaired) electrons. The van der Waals surface area contributed by atoms with E-state index in [1.807, 2.05) is 0 Å². The average Bonchev–Trinajstić information content (AvgIpc) is 2.25. The zero-order chi connectivity index (χ0) is 15.3. The molecular weight excluding hydrogens is 328 g/mol. The predicted octanol–water partition coefficient (Wildman–Crippen LogP) is 2.36. The van der Waals surface area contributed by atoms with Crippen molar-refractivity contribution >= 4 is 28.0 Å². The molecule has 7 heteroatoms. The van der Waals surface area contributed by atoms with E-state index in [2.05, 4.69) is 26.2 Å². The van der Waals surface area contributed by atoms with Gasteiger partial charge in [-0.25, -0.2) is 9.59 Å². The van der Waals surface area contributed by atoms with E-state index in [-0.39, 0.29) is 6.42 Å². The number of nitrogens with zero attached hydrogens (tertiary/aromatic N) is 1. The summed E-state index contributed by atoms with van der Waals surface area (Å²) in [6.07, 6.45) is 2.52. The Balaban J connectivity index is 2.71. The summed E-state index contributed by atoms with van der Waals surface area (Å²) < 4.78 is 5.79. The summed E-state index contributed by atoms with van der Waals surface area (Å²) in [5.41, 5.74) is 0.0209. The van der Waals surface area contributed by atoms with E-state index in [1.54, 1.807) is 39.2 Å². The van der Waals surface area contributed by atoms with Gasteiger partial charge in [-0.2, -0.15) is 0 Å². The monoisotopic (exact) mass is 344 g/mol. The standard InChI is InChI=1S/C13H17BrN2O4/c1-13(2,3)20-12(19)16-10(11(17)18)5-8-4-9(14)7-15-6-8/h4,6-7,10H,5H2,1-3H3,(H,16,19)(H,17,18). The van der Waals surface area contributed by atoms with E-state index in [4.69, 9.17) is 9.84 Å². The number of alkyl carbamates (subject to hydrolysis) is 1. The van der Waals surface area contributed by atoms with Crippen molar-refractivity contribution in [2.75, 3.05) is 0 Å². The molecule has 0 aliphatic rings. The van der Waals surface area contributed by atoms with Gasteiger partial charge in [-0.1, -0.05) is 0 Å². The molecule has 0 aromatic carbocycles. The number of hydrogen-bond acceptors (Lipinski definition) is 4. The van der Waals surface area contributed by atoms with Gasteiger partial charge in [0, 0.05) is 23.3 Å². The third-order valence-corrected chi connectivity index (χ3v) is 2.62. The van der Waals surface area contributed by atoms with Crippen LogP contribution in [0.25, 0.3) is 0 Å². The Morgan fingerprint density at radius 1 is 1.45 bits per heavy atom. The third-order valence-electron chi connectivity index (χ3n) is 2.19. The Hall–Kier alpha value is -1.63. The molecule has 0 saturated carbocycles. The molecule has 0 bridgehead atoms. The summed E-state index contributed by atoms with van der Waals surface area (Å²) in [6.45, 7) is 5.13. The van der Waals surface area contributed by atoms with Crippen LogP contribution >= 0.6 is 15.9 Å². The Kier molecular flexibility index (Phi) is 5.50. The van der Waals surface area contributed by atoms with Crippen LogP contribution < -0.4 is 5.32 Å². The number of ether oxygens (including phenoxy) is 1. The lowest BCUT2D eigenvalue weighted by atomic mass is 10.1. The summed E-state index contributed by atoms with van der Waals surface area (Å²) in [4.78, 5) is 26.7. The fraction of sp³-hybridized carbons (Fsp3) is 0.462. The SMILES string of the molecule is CC(C)(C)OC(=O)NC(Cc1cncc(Br)c1)C(=O)O. The van der Waals surface area contributed by atoms with Crippen molar-refractivity contribution in [1.29, 1.82) is 0 Å². The highest BCUT2D eigenvalue weighted by molar-refractivity contribution is 9.10. The number of carbonyl (C=O) groups excluding carboxylic acids is 1. The molecule has 0 fully saturated rings. The Morgan fingerprint density at radius 2 is 2.10 bits per heavy atom. The van der Waals surface area contributed by atoms with Crippen LogP contribution in [-0.4, -0.2) is 33.8 Å². The van der Waals surface area contributed by atoms with Gasteiger partial charge in [0.2, 0.25) is 0 Å². The number of aromatic nitrogens is 1. The van der Waals surface area contributed by atoms with Crippen LogP contribution in [-0.2, 0) is 16.0 Å². The zero-order valence-corrected chi connectivity index (χ0v) is 13.1. The molecule has 1 heterocycles. The van der Waals surface area contributed by atoms with E-state index in [9.17, 15) is 9.59 Å². The highest BCUT2D eigenvalue weighted by Crippen LogP contribution is 2.12. The van der Waals surface area contributed by atoms with E-state index < -0.39 is 23.7 Å². The highest BCUT2D eigenvalue weighted by Gasteiger charge is 2.24. The molecule has 110 valence electrons. The topological polar surface area (TPSA) is 88.5 Å². The number of nitrogens with one attached hydrogen (secondary N) is 1. The molecule has 1 aromatic heterocycles. The number of aliphatic carboxylic acids is 1. The Bertz CT molecular complexity index is 499. The smallest absolute Gasteiger partial charge is 0.408 e. The van der Waals surface area contributed by atoms with Gasteiger partial charge in [0.25, 0.3) is 0 Å². The number of carbonyl (C=O) groups is 2. The molecule has 6 nitrogen and oxygen atoms in total. The van der Waals surface area contributed by atoms with E-state index in [0.29, 0.717) is 5.56 Å². The van der Waals surface area contributed by atoms with E-state index in [0.717, 1.165) is 4.47 Å². The lowest BCUT2D eigenvalue weighted by Gasteiger charge is -2.22. The maximum Gasteiger partial charge on any atom is 0.408 e. The van der Waals surface area contributed by atoms with Gasteiger partial charge >= 0.3 is 12.1 Å². The molecule has 1 aromatic rings. The molecule has 0 spiro atoms. The maximum atomic E-state index is 11.6. The minimum absolute atomic E-state index is 0.126. The first-order valence-corrected chi connectivity index (χ1v) is 6.78. The first-order chi connectivity index (χ1) is 9.17. The van der Waals surface area contributed by atoms with Gasteiger partial charge in [0.1, 0.15) is 11.6 Å².